The molecule has 0 radical (unpaired) electrons. The lowest BCUT2D eigenvalue weighted by Crippen LogP contribution is -2.51. The van der Waals surface area contributed by atoms with Gasteiger partial charge in [0.15, 0.2) is 0 Å². The van der Waals surface area contributed by atoms with Crippen molar-refractivity contribution in [2.75, 3.05) is 17.6 Å². The molecule has 6 heteroatoms. The predicted octanol–water partition coefficient (Wildman–Crippen LogP) is 3.25. The lowest BCUT2D eigenvalue weighted by atomic mass is 10.1. The van der Waals surface area contributed by atoms with Crippen molar-refractivity contribution in [2.45, 2.75) is 65.0 Å². The van der Waals surface area contributed by atoms with E-state index in [2.05, 4.69) is 0 Å². The van der Waals surface area contributed by atoms with Crippen molar-refractivity contribution >= 4 is 21.6 Å². The molecule has 0 heterocycles. The highest BCUT2D eigenvalue weighted by molar-refractivity contribution is 7.92. The van der Waals surface area contributed by atoms with E-state index >= 15 is 0 Å². The van der Waals surface area contributed by atoms with Gasteiger partial charge < -0.3 is 4.90 Å². The van der Waals surface area contributed by atoms with Gasteiger partial charge in [0, 0.05) is 13.1 Å². The van der Waals surface area contributed by atoms with E-state index in [1.807, 2.05) is 40.0 Å². The van der Waals surface area contributed by atoms with E-state index in [0.29, 0.717) is 12.1 Å². The number of carbonyl (C=O) groups is 1. The van der Waals surface area contributed by atoms with Crippen LogP contribution >= 0.6 is 0 Å². The van der Waals surface area contributed by atoms with Crippen LogP contribution in [0.5, 0.6) is 0 Å². The van der Waals surface area contributed by atoms with Gasteiger partial charge in [-0.3, -0.25) is 9.10 Å². The second kappa shape index (κ2) is 7.77. The SMILES string of the molecule is CC[C@@H](C(=O)N(C)C1CCCC1)N(c1ccc(C)c(C)c1)S(C)(=O)=O. The van der Waals surface area contributed by atoms with E-state index in [0.717, 1.165) is 36.8 Å². The molecule has 0 aromatic heterocycles. The summed E-state index contributed by atoms with van der Waals surface area (Å²) in [5.74, 6) is -0.113. The van der Waals surface area contributed by atoms with Gasteiger partial charge >= 0.3 is 0 Å². The van der Waals surface area contributed by atoms with Gasteiger partial charge in [0.1, 0.15) is 6.04 Å². The Morgan fingerprint density at radius 1 is 1.20 bits per heavy atom. The highest BCUT2D eigenvalue weighted by Gasteiger charge is 2.35. The number of likely N-dealkylation sites (N-methyl/N-ethyl adjacent to an activating group) is 1. The van der Waals surface area contributed by atoms with Crippen LogP contribution in [0.25, 0.3) is 0 Å². The zero-order valence-electron chi connectivity index (χ0n) is 15.9. The quantitative estimate of drug-likeness (QED) is 0.776. The normalized spacial score (nSPS) is 16.7. The molecule has 140 valence electrons. The maximum absolute atomic E-state index is 13.1. The summed E-state index contributed by atoms with van der Waals surface area (Å²) in [4.78, 5) is 14.9. The minimum Gasteiger partial charge on any atom is -0.341 e. The molecule has 1 amide bonds. The maximum atomic E-state index is 13.1. The van der Waals surface area contributed by atoms with Crippen molar-refractivity contribution in [3.05, 3.63) is 29.3 Å². The maximum Gasteiger partial charge on any atom is 0.246 e. The van der Waals surface area contributed by atoms with Crippen LogP contribution in [-0.4, -0.2) is 44.6 Å². The van der Waals surface area contributed by atoms with Crippen molar-refractivity contribution in [3.63, 3.8) is 0 Å². The van der Waals surface area contributed by atoms with Crippen molar-refractivity contribution in [2.24, 2.45) is 0 Å². The molecule has 1 aromatic rings. The standard InChI is InChI=1S/C19H30N2O3S/c1-6-18(19(22)20(4)16-9-7-8-10-16)21(25(5,23)24)17-12-11-14(2)15(3)13-17/h11-13,16,18H,6-10H2,1-5H3/t18-/m0/s1. The second-order valence-corrected chi connectivity index (χ2v) is 9.00. The minimum absolute atomic E-state index is 0.113. The van der Waals surface area contributed by atoms with E-state index in [-0.39, 0.29) is 11.9 Å². The van der Waals surface area contributed by atoms with Crippen LogP contribution in [-0.2, 0) is 14.8 Å². The fraction of sp³-hybridized carbons (Fsp3) is 0.632. The molecule has 5 nitrogen and oxygen atoms in total. The Balaban J connectivity index is 2.40. The zero-order valence-corrected chi connectivity index (χ0v) is 16.8. The molecular formula is C19H30N2O3S. The largest absolute Gasteiger partial charge is 0.341 e. The summed E-state index contributed by atoms with van der Waals surface area (Å²) >= 11 is 0. The van der Waals surface area contributed by atoms with Gasteiger partial charge in [0.05, 0.1) is 11.9 Å². The third-order valence-corrected chi connectivity index (χ3v) is 6.46. The number of sulfonamides is 1. The first-order valence-electron chi connectivity index (χ1n) is 9.00. The molecule has 0 unspecified atom stereocenters. The number of hydrogen-bond donors (Lipinski definition) is 0. The molecule has 1 atom stereocenters. The number of benzene rings is 1. The number of anilines is 1. The fourth-order valence-electron chi connectivity index (χ4n) is 3.61. The summed E-state index contributed by atoms with van der Waals surface area (Å²) in [5.41, 5.74) is 2.67. The molecule has 1 aliphatic carbocycles. The number of amides is 1. The smallest absolute Gasteiger partial charge is 0.246 e. The highest BCUT2D eigenvalue weighted by atomic mass is 32.2. The van der Waals surface area contributed by atoms with Crippen LogP contribution in [0.4, 0.5) is 5.69 Å². The zero-order chi connectivity index (χ0) is 18.8. The lowest BCUT2D eigenvalue weighted by Gasteiger charge is -2.35. The molecule has 1 aromatic carbocycles. The van der Waals surface area contributed by atoms with E-state index in [9.17, 15) is 13.2 Å². The molecule has 1 fully saturated rings. The summed E-state index contributed by atoms with van der Waals surface area (Å²) in [6.07, 6.45) is 5.88. The van der Waals surface area contributed by atoms with Crippen LogP contribution in [0.15, 0.2) is 18.2 Å². The molecule has 25 heavy (non-hydrogen) atoms. The Bertz CT molecular complexity index is 724. The predicted molar refractivity (Wildman–Crippen MR) is 102 cm³/mol. The Morgan fingerprint density at radius 2 is 1.80 bits per heavy atom. The van der Waals surface area contributed by atoms with Gasteiger partial charge in [0.2, 0.25) is 15.9 Å². The number of aryl methyl sites for hydroxylation is 2. The second-order valence-electron chi connectivity index (χ2n) is 7.14. The van der Waals surface area contributed by atoms with Gasteiger partial charge in [-0.05, 0) is 56.4 Å². The Hall–Kier alpha value is -1.56. The molecule has 1 aliphatic rings. The molecule has 0 aliphatic heterocycles. The highest BCUT2D eigenvalue weighted by Crippen LogP contribution is 2.28. The van der Waals surface area contributed by atoms with Crippen molar-refractivity contribution in [3.8, 4) is 0 Å². The monoisotopic (exact) mass is 366 g/mol. The summed E-state index contributed by atoms with van der Waals surface area (Å²) < 4.78 is 26.4. The van der Waals surface area contributed by atoms with Crippen LogP contribution in [0.2, 0.25) is 0 Å². The van der Waals surface area contributed by atoms with Crippen molar-refractivity contribution in [1.82, 2.24) is 4.90 Å². The average Bonchev–Trinajstić information content (AvgIpc) is 3.07. The Kier molecular flexibility index (Phi) is 6.14. The summed E-state index contributed by atoms with van der Waals surface area (Å²) in [7, 11) is -1.77. The molecular weight excluding hydrogens is 336 g/mol. The van der Waals surface area contributed by atoms with E-state index in [4.69, 9.17) is 0 Å². The number of rotatable bonds is 6. The summed E-state index contributed by atoms with van der Waals surface area (Å²) in [5, 5.41) is 0. The average molecular weight is 367 g/mol. The minimum atomic E-state index is -3.58. The molecule has 1 saturated carbocycles. The lowest BCUT2D eigenvalue weighted by molar-refractivity contribution is -0.133. The third kappa shape index (κ3) is 4.35. The molecule has 0 saturated heterocycles. The van der Waals surface area contributed by atoms with Crippen molar-refractivity contribution in [1.29, 1.82) is 0 Å². The molecule has 0 bridgehead atoms. The van der Waals surface area contributed by atoms with Gasteiger partial charge in [-0.25, -0.2) is 8.42 Å². The first-order chi connectivity index (χ1) is 11.7. The van der Waals surface area contributed by atoms with E-state index in [1.165, 1.54) is 10.6 Å². The summed E-state index contributed by atoms with van der Waals surface area (Å²) in [6, 6.07) is 5.06. The Labute approximate surface area is 152 Å². The van der Waals surface area contributed by atoms with Crippen molar-refractivity contribution < 1.29 is 13.2 Å². The number of carbonyl (C=O) groups excluding carboxylic acids is 1. The number of hydrogen-bond acceptors (Lipinski definition) is 3. The molecule has 0 N–H and O–H groups in total. The van der Waals surface area contributed by atoms with Crippen LogP contribution < -0.4 is 4.31 Å². The van der Waals surface area contributed by atoms with E-state index in [1.54, 1.807) is 11.0 Å². The van der Waals surface area contributed by atoms with Crippen LogP contribution in [0.3, 0.4) is 0 Å². The first kappa shape index (κ1) is 19.8. The summed E-state index contributed by atoms with van der Waals surface area (Å²) in [6.45, 7) is 5.80. The molecule has 0 spiro atoms. The van der Waals surface area contributed by atoms with E-state index < -0.39 is 16.1 Å². The molecule has 2 rings (SSSR count). The first-order valence-corrected chi connectivity index (χ1v) is 10.8. The third-order valence-electron chi connectivity index (χ3n) is 5.28. The Morgan fingerprint density at radius 3 is 2.28 bits per heavy atom. The fourth-order valence-corrected chi connectivity index (χ4v) is 4.81. The topological polar surface area (TPSA) is 57.7 Å². The van der Waals surface area contributed by atoms with Gasteiger partial charge in [0.25, 0.3) is 0 Å². The number of nitrogens with zero attached hydrogens (tertiary/aromatic N) is 2. The van der Waals surface area contributed by atoms with Gasteiger partial charge in [-0.2, -0.15) is 0 Å². The van der Waals surface area contributed by atoms with Crippen LogP contribution in [0, 0.1) is 13.8 Å². The van der Waals surface area contributed by atoms with Crippen LogP contribution in [0.1, 0.15) is 50.2 Å². The van der Waals surface area contributed by atoms with Gasteiger partial charge in [-0.15, -0.1) is 0 Å². The van der Waals surface area contributed by atoms with Gasteiger partial charge in [-0.1, -0.05) is 25.8 Å².